The van der Waals surface area contributed by atoms with E-state index >= 15 is 0 Å². The number of pyridine rings is 1. The number of nitrogens with one attached hydrogen (secondary N) is 1. The zero-order valence-corrected chi connectivity index (χ0v) is 17.0. The van der Waals surface area contributed by atoms with Crippen molar-refractivity contribution in [2.45, 2.75) is 42.0 Å². The van der Waals surface area contributed by atoms with Gasteiger partial charge in [-0.3, -0.25) is 9.59 Å². The number of esters is 1. The summed E-state index contributed by atoms with van der Waals surface area (Å²) in [6.07, 6.45) is 4.96. The molecular formula is C17H25N3O5S2. The highest BCUT2D eigenvalue weighted by atomic mass is 32.2. The number of nitrogens with zero attached hydrogens (tertiary/aromatic N) is 2. The molecule has 10 heteroatoms. The Morgan fingerprint density at radius 2 is 2.00 bits per heavy atom. The second-order valence-corrected chi connectivity index (χ2v) is 9.05. The first-order chi connectivity index (χ1) is 12.9. The van der Waals surface area contributed by atoms with Crippen LogP contribution in [0.1, 0.15) is 32.1 Å². The van der Waals surface area contributed by atoms with Crippen LogP contribution in [-0.2, 0) is 24.3 Å². The minimum absolute atomic E-state index is 0.170. The van der Waals surface area contributed by atoms with Crippen molar-refractivity contribution >= 4 is 33.7 Å². The Hall–Kier alpha value is -1.65. The molecule has 2 rings (SSSR count). The Morgan fingerprint density at radius 1 is 1.26 bits per heavy atom. The van der Waals surface area contributed by atoms with E-state index in [2.05, 4.69) is 15.0 Å². The maximum Gasteiger partial charge on any atom is 0.305 e. The zero-order chi connectivity index (χ0) is 19.7. The molecule has 1 amide bonds. The largest absolute Gasteiger partial charge is 0.469 e. The summed E-state index contributed by atoms with van der Waals surface area (Å²) in [7, 11) is -2.16. The predicted octanol–water partition coefficient (Wildman–Crippen LogP) is 1.42. The molecule has 0 radical (unpaired) electrons. The van der Waals surface area contributed by atoms with Crippen molar-refractivity contribution < 1.29 is 22.7 Å². The molecule has 0 saturated carbocycles. The normalized spacial score (nSPS) is 15.3. The highest BCUT2D eigenvalue weighted by Gasteiger charge is 2.26. The molecule has 1 N–H and O–H groups in total. The standard InChI is InChI=1S/C17H25N3O5S2/c1-25-17(22)6-5-9-18-15(21)13-26-16-8-7-14(12-19-16)27(23,24)20-10-3-2-4-11-20/h7-8,12H,2-6,9-11,13H2,1H3,(H,18,21). The van der Waals surface area contributed by atoms with E-state index in [1.54, 1.807) is 6.07 Å². The lowest BCUT2D eigenvalue weighted by molar-refractivity contribution is -0.140. The number of methoxy groups -OCH3 is 1. The summed E-state index contributed by atoms with van der Waals surface area (Å²) in [5, 5.41) is 3.29. The molecular weight excluding hydrogens is 390 g/mol. The van der Waals surface area contributed by atoms with Gasteiger partial charge in [0.25, 0.3) is 0 Å². The third-order valence-electron chi connectivity index (χ3n) is 4.12. The highest BCUT2D eigenvalue weighted by molar-refractivity contribution is 7.99. The van der Waals surface area contributed by atoms with Crippen LogP contribution in [0.25, 0.3) is 0 Å². The molecule has 2 heterocycles. The molecule has 27 heavy (non-hydrogen) atoms. The molecule has 1 aliphatic heterocycles. The second kappa shape index (κ2) is 10.6. The maximum atomic E-state index is 12.6. The number of aromatic nitrogens is 1. The van der Waals surface area contributed by atoms with Gasteiger partial charge >= 0.3 is 5.97 Å². The fourth-order valence-electron chi connectivity index (χ4n) is 2.61. The Bertz CT molecular complexity index is 731. The van der Waals surface area contributed by atoms with Gasteiger partial charge in [-0.05, 0) is 31.4 Å². The van der Waals surface area contributed by atoms with Crippen LogP contribution in [0.2, 0.25) is 0 Å². The van der Waals surface area contributed by atoms with Gasteiger partial charge in [0, 0.05) is 32.3 Å². The van der Waals surface area contributed by atoms with Crippen molar-refractivity contribution in [1.82, 2.24) is 14.6 Å². The zero-order valence-electron chi connectivity index (χ0n) is 15.3. The van der Waals surface area contributed by atoms with Gasteiger partial charge in [-0.2, -0.15) is 4.31 Å². The lowest BCUT2D eigenvalue weighted by Gasteiger charge is -2.25. The van der Waals surface area contributed by atoms with Crippen molar-refractivity contribution in [3.8, 4) is 0 Å². The first-order valence-corrected chi connectivity index (χ1v) is 11.3. The van der Waals surface area contributed by atoms with E-state index in [-0.39, 0.29) is 28.9 Å². The lowest BCUT2D eigenvalue weighted by Crippen LogP contribution is -2.35. The quantitative estimate of drug-likeness (QED) is 0.369. The summed E-state index contributed by atoms with van der Waals surface area (Å²) in [4.78, 5) is 27.1. The van der Waals surface area contributed by atoms with E-state index in [4.69, 9.17) is 0 Å². The number of thioether (sulfide) groups is 1. The summed E-state index contributed by atoms with van der Waals surface area (Å²) < 4.78 is 31.2. The van der Waals surface area contributed by atoms with Crippen LogP contribution >= 0.6 is 11.8 Å². The summed E-state index contributed by atoms with van der Waals surface area (Å²) in [6, 6.07) is 3.15. The minimum atomic E-state index is -3.49. The van der Waals surface area contributed by atoms with E-state index in [9.17, 15) is 18.0 Å². The lowest BCUT2D eigenvalue weighted by atomic mass is 10.2. The van der Waals surface area contributed by atoms with Crippen LogP contribution in [0.3, 0.4) is 0 Å². The molecule has 1 aromatic rings. The average molecular weight is 416 g/mol. The molecule has 1 aliphatic rings. The molecule has 1 fully saturated rings. The number of sulfonamides is 1. The third-order valence-corrected chi connectivity index (χ3v) is 6.95. The van der Waals surface area contributed by atoms with Gasteiger partial charge in [0.05, 0.1) is 17.9 Å². The first-order valence-electron chi connectivity index (χ1n) is 8.86. The molecule has 8 nitrogen and oxygen atoms in total. The Balaban J connectivity index is 1.78. The van der Waals surface area contributed by atoms with Crippen molar-refractivity contribution in [2.75, 3.05) is 32.5 Å². The fraction of sp³-hybridized carbons (Fsp3) is 0.588. The number of carbonyl (C=O) groups is 2. The molecule has 1 aromatic heterocycles. The summed E-state index contributed by atoms with van der Waals surface area (Å²) >= 11 is 1.23. The van der Waals surface area contributed by atoms with Crippen LogP contribution in [0.15, 0.2) is 28.3 Å². The van der Waals surface area contributed by atoms with Crippen LogP contribution in [0, 0.1) is 0 Å². The summed E-state index contributed by atoms with van der Waals surface area (Å²) in [5.74, 6) is -0.303. The first kappa shape index (κ1) is 21.6. The maximum absolute atomic E-state index is 12.6. The van der Waals surface area contributed by atoms with Crippen molar-refractivity contribution in [2.24, 2.45) is 0 Å². The number of hydrogen-bond donors (Lipinski definition) is 1. The van der Waals surface area contributed by atoms with E-state index in [0.717, 1.165) is 19.3 Å². The van der Waals surface area contributed by atoms with Crippen molar-refractivity contribution in [1.29, 1.82) is 0 Å². The SMILES string of the molecule is COC(=O)CCCNC(=O)CSc1ccc(S(=O)(=O)N2CCCCC2)cn1. The molecule has 1 saturated heterocycles. The molecule has 0 spiro atoms. The molecule has 0 bridgehead atoms. The average Bonchev–Trinajstić information content (AvgIpc) is 2.70. The summed E-state index contributed by atoms with van der Waals surface area (Å²) in [6.45, 7) is 1.50. The summed E-state index contributed by atoms with van der Waals surface area (Å²) in [5.41, 5.74) is 0. The van der Waals surface area contributed by atoms with E-state index in [0.29, 0.717) is 31.1 Å². The second-order valence-electron chi connectivity index (χ2n) is 6.12. The Labute approximate surface area is 164 Å². The van der Waals surface area contributed by atoms with E-state index in [1.807, 2.05) is 0 Å². The molecule has 0 aromatic carbocycles. The van der Waals surface area contributed by atoms with Gasteiger partial charge in [0.2, 0.25) is 15.9 Å². The number of amides is 1. The third kappa shape index (κ3) is 6.78. The number of carbonyl (C=O) groups excluding carboxylic acids is 2. The topological polar surface area (TPSA) is 106 Å². The number of piperidine rings is 1. The van der Waals surface area contributed by atoms with Gasteiger partial charge < -0.3 is 10.1 Å². The van der Waals surface area contributed by atoms with Crippen LogP contribution in [0.5, 0.6) is 0 Å². The van der Waals surface area contributed by atoms with Crippen LogP contribution in [-0.4, -0.2) is 62.1 Å². The van der Waals surface area contributed by atoms with Gasteiger partial charge in [-0.15, -0.1) is 0 Å². The smallest absolute Gasteiger partial charge is 0.305 e. The van der Waals surface area contributed by atoms with Gasteiger partial charge in [0.1, 0.15) is 4.90 Å². The van der Waals surface area contributed by atoms with E-state index < -0.39 is 10.0 Å². The van der Waals surface area contributed by atoms with Crippen molar-refractivity contribution in [3.63, 3.8) is 0 Å². The molecule has 150 valence electrons. The molecule has 0 unspecified atom stereocenters. The predicted molar refractivity (Wildman–Crippen MR) is 102 cm³/mol. The van der Waals surface area contributed by atoms with Gasteiger partial charge in [-0.1, -0.05) is 18.2 Å². The highest BCUT2D eigenvalue weighted by Crippen LogP contribution is 2.22. The van der Waals surface area contributed by atoms with E-state index in [1.165, 1.54) is 35.4 Å². The fourth-order valence-corrected chi connectivity index (χ4v) is 4.75. The Kier molecular flexibility index (Phi) is 8.52. The molecule has 0 atom stereocenters. The Morgan fingerprint density at radius 3 is 2.63 bits per heavy atom. The molecule has 0 aliphatic carbocycles. The monoisotopic (exact) mass is 415 g/mol. The van der Waals surface area contributed by atoms with Crippen LogP contribution < -0.4 is 5.32 Å². The van der Waals surface area contributed by atoms with Crippen molar-refractivity contribution in [3.05, 3.63) is 18.3 Å². The van der Waals surface area contributed by atoms with Crippen LogP contribution in [0.4, 0.5) is 0 Å². The number of hydrogen-bond acceptors (Lipinski definition) is 7. The minimum Gasteiger partial charge on any atom is -0.469 e. The number of ether oxygens (including phenoxy) is 1. The van der Waals surface area contributed by atoms with Gasteiger partial charge in [0.15, 0.2) is 0 Å². The van der Waals surface area contributed by atoms with Gasteiger partial charge in [-0.25, -0.2) is 13.4 Å². The number of rotatable bonds is 9.